The van der Waals surface area contributed by atoms with Crippen molar-refractivity contribution in [2.75, 3.05) is 5.32 Å². The van der Waals surface area contributed by atoms with Gasteiger partial charge in [-0.2, -0.15) is 13.2 Å². The average molecular weight is 327 g/mol. The topological polar surface area (TPSA) is 24.4 Å². The van der Waals surface area contributed by atoms with Crippen LogP contribution in [0.5, 0.6) is 0 Å². The first-order valence-corrected chi connectivity index (χ1v) is 6.89. The van der Waals surface area contributed by atoms with Gasteiger partial charge in [-0.15, -0.1) is 0 Å². The predicted octanol–water partition coefficient (Wildman–Crippen LogP) is 5.83. The molecule has 0 radical (unpaired) electrons. The minimum atomic E-state index is -4.42. The van der Waals surface area contributed by atoms with Gasteiger partial charge in [0, 0.05) is 5.69 Å². The van der Waals surface area contributed by atoms with Crippen molar-refractivity contribution < 1.29 is 13.2 Å². The van der Waals surface area contributed by atoms with Gasteiger partial charge in [-0.3, -0.25) is 0 Å². The summed E-state index contributed by atoms with van der Waals surface area (Å²) in [6, 6.07) is 10.6. The van der Waals surface area contributed by atoms with E-state index in [1.54, 1.807) is 6.92 Å². The van der Waals surface area contributed by atoms with E-state index in [2.05, 4.69) is 10.3 Å². The third-order valence-corrected chi connectivity index (χ3v) is 3.26. The van der Waals surface area contributed by atoms with Crippen LogP contribution in [0.25, 0.3) is 0 Å². The number of amidine groups is 1. The molecule has 0 bridgehead atoms. The van der Waals surface area contributed by atoms with Gasteiger partial charge in [-0.05, 0) is 44.2 Å². The smallest absolute Gasteiger partial charge is 0.344 e. The van der Waals surface area contributed by atoms with Gasteiger partial charge in [0.1, 0.15) is 5.84 Å². The van der Waals surface area contributed by atoms with Gasteiger partial charge in [-0.25, -0.2) is 4.99 Å². The molecule has 0 aliphatic carbocycles. The molecule has 2 aromatic rings. The second-order valence-corrected chi connectivity index (χ2v) is 5.26. The molecule has 0 amide bonds. The number of nitrogens with zero attached hydrogens (tertiary/aromatic N) is 1. The van der Waals surface area contributed by atoms with Gasteiger partial charge < -0.3 is 5.32 Å². The lowest BCUT2D eigenvalue weighted by atomic mass is 10.2. The summed E-state index contributed by atoms with van der Waals surface area (Å²) < 4.78 is 38.1. The number of halogens is 4. The fourth-order valence-corrected chi connectivity index (χ4v) is 1.99. The Morgan fingerprint density at radius 3 is 2.32 bits per heavy atom. The maximum Gasteiger partial charge on any atom is 0.416 e. The molecule has 0 spiro atoms. The van der Waals surface area contributed by atoms with Gasteiger partial charge in [0.2, 0.25) is 0 Å². The van der Waals surface area contributed by atoms with Crippen molar-refractivity contribution >= 4 is 28.8 Å². The minimum absolute atomic E-state index is 0.0774. The Kier molecular flexibility index (Phi) is 4.76. The van der Waals surface area contributed by atoms with E-state index in [-0.39, 0.29) is 10.7 Å². The number of aryl methyl sites for hydroxylation is 1. The molecule has 0 fully saturated rings. The standard InChI is InChI=1S/C16H14ClF3N2/c1-10-3-6-13(7-4-10)21-11(2)22-15-9-12(16(18,19)20)5-8-14(15)17/h3-9H,1-2H3,(H,21,22). The van der Waals surface area contributed by atoms with Crippen molar-refractivity contribution in [2.24, 2.45) is 4.99 Å². The molecule has 0 heterocycles. The zero-order chi connectivity index (χ0) is 16.3. The molecular weight excluding hydrogens is 313 g/mol. The zero-order valence-electron chi connectivity index (χ0n) is 12.0. The molecule has 1 N–H and O–H groups in total. The number of aliphatic imine (C=N–C) groups is 1. The summed E-state index contributed by atoms with van der Waals surface area (Å²) in [5.74, 6) is 0.449. The summed E-state index contributed by atoms with van der Waals surface area (Å²) in [5, 5.41) is 3.18. The highest BCUT2D eigenvalue weighted by Crippen LogP contribution is 2.35. The Morgan fingerprint density at radius 1 is 1.09 bits per heavy atom. The highest BCUT2D eigenvalue weighted by molar-refractivity contribution is 6.33. The van der Waals surface area contributed by atoms with Gasteiger partial charge >= 0.3 is 6.18 Å². The quantitative estimate of drug-likeness (QED) is 0.545. The SMILES string of the molecule is CC(=Nc1cc(C(F)(F)F)ccc1Cl)Nc1ccc(C)cc1. The second-order valence-electron chi connectivity index (χ2n) is 4.85. The maximum atomic E-state index is 12.7. The first-order valence-electron chi connectivity index (χ1n) is 6.51. The van der Waals surface area contributed by atoms with Crippen molar-refractivity contribution in [3.8, 4) is 0 Å². The Morgan fingerprint density at radius 2 is 1.73 bits per heavy atom. The molecule has 116 valence electrons. The molecule has 0 aromatic heterocycles. The van der Waals surface area contributed by atoms with E-state index >= 15 is 0 Å². The van der Waals surface area contributed by atoms with E-state index in [0.29, 0.717) is 5.84 Å². The summed E-state index contributed by atoms with van der Waals surface area (Å²) in [6.07, 6.45) is -4.42. The number of anilines is 1. The number of hydrogen-bond acceptors (Lipinski definition) is 1. The van der Waals surface area contributed by atoms with Crippen LogP contribution >= 0.6 is 11.6 Å². The molecule has 2 rings (SSSR count). The average Bonchev–Trinajstić information content (AvgIpc) is 2.42. The maximum absolute atomic E-state index is 12.7. The number of benzene rings is 2. The Hall–Kier alpha value is -2.01. The summed E-state index contributed by atoms with van der Waals surface area (Å²) >= 11 is 5.91. The predicted molar refractivity (Wildman–Crippen MR) is 84.0 cm³/mol. The summed E-state index contributed by atoms with van der Waals surface area (Å²) in [7, 11) is 0. The van der Waals surface area contributed by atoms with Crippen molar-refractivity contribution in [3.05, 3.63) is 58.6 Å². The van der Waals surface area contributed by atoms with E-state index in [9.17, 15) is 13.2 Å². The lowest BCUT2D eigenvalue weighted by Crippen LogP contribution is -2.07. The first kappa shape index (κ1) is 16.4. The van der Waals surface area contributed by atoms with Gasteiger partial charge in [0.15, 0.2) is 0 Å². The first-order chi connectivity index (χ1) is 10.3. The highest BCUT2D eigenvalue weighted by atomic mass is 35.5. The van der Waals surface area contributed by atoms with E-state index in [1.165, 1.54) is 6.07 Å². The van der Waals surface area contributed by atoms with Gasteiger partial charge in [0.25, 0.3) is 0 Å². The van der Waals surface area contributed by atoms with Crippen LogP contribution in [-0.4, -0.2) is 5.84 Å². The molecule has 0 atom stereocenters. The van der Waals surface area contributed by atoms with Crippen molar-refractivity contribution in [1.82, 2.24) is 0 Å². The molecule has 0 saturated carbocycles. The fraction of sp³-hybridized carbons (Fsp3) is 0.188. The van der Waals surface area contributed by atoms with E-state index in [1.807, 2.05) is 31.2 Å². The molecule has 0 aliphatic rings. The molecule has 0 aliphatic heterocycles. The summed E-state index contributed by atoms with van der Waals surface area (Å²) in [4.78, 5) is 4.12. The molecule has 6 heteroatoms. The van der Waals surface area contributed by atoms with Crippen LogP contribution in [0.4, 0.5) is 24.5 Å². The molecule has 2 nitrogen and oxygen atoms in total. The van der Waals surface area contributed by atoms with Crippen molar-refractivity contribution in [1.29, 1.82) is 0 Å². The summed E-state index contributed by atoms with van der Waals surface area (Å²) in [5.41, 5.74) is 1.21. The Balaban J connectivity index is 2.25. The van der Waals surface area contributed by atoms with Crippen molar-refractivity contribution in [2.45, 2.75) is 20.0 Å². The number of hydrogen-bond donors (Lipinski definition) is 1. The number of alkyl halides is 3. The van der Waals surface area contributed by atoms with Gasteiger partial charge in [-0.1, -0.05) is 29.3 Å². The molecular formula is C16H14ClF3N2. The van der Waals surface area contributed by atoms with Gasteiger partial charge in [0.05, 0.1) is 16.3 Å². The van der Waals surface area contributed by atoms with Crippen LogP contribution in [0.3, 0.4) is 0 Å². The van der Waals surface area contributed by atoms with Crippen LogP contribution < -0.4 is 5.32 Å². The van der Waals surface area contributed by atoms with Crippen LogP contribution in [0.2, 0.25) is 5.02 Å². The lowest BCUT2D eigenvalue weighted by Gasteiger charge is -2.10. The highest BCUT2D eigenvalue weighted by Gasteiger charge is 2.30. The van der Waals surface area contributed by atoms with Crippen molar-refractivity contribution in [3.63, 3.8) is 0 Å². The minimum Gasteiger partial charge on any atom is -0.344 e. The Labute approximate surface area is 131 Å². The monoisotopic (exact) mass is 326 g/mol. The van der Waals surface area contributed by atoms with Crippen LogP contribution in [0.1, 0.15) is 18.1 Å². The number of nitrogens with one attached hydrogen (secondary N) is 1. The van der Waals surface area contributed by atoms with Crippen LogP contribution in [0, 0.1) is 6.92 Å². The van der Waals surface area contributed by atoms with Crippen LogP contribution in [-0.2, 0) is 6.18 Å². The van der Waals surface area contributed by atoms with E-state index < -0.39 is 11.7 Å². The summed E-state index contributed by atoms with van der Waals surface area (Å²) in [6.45, 7) is 3.63. The third kappa shape index (κ3) is 4.24. The molecule has 22 heavy (non-hydrogen) atoms. The number of rotatable bonds is 2. The van der Waals surface area contributed by atoms with E-state index in [0.717, 1.165) is 23.4 Å². The Bertz CT molecular complexity index is 692. The molecule has 0 unspecified atom stereocenters. The molecule has 2 aromatic carbocycles. The van der Waals surface area contributed by atoms with Crippen LogP contribution in [0.15, 0.2) is 47.5 Å². The zero-order valence-corrected chi connectivity index (χ0v) is 12.8. The van der Waals surface area contributed by atoms with E-state index in [4.69, 9.17) is 11.6 Å². The third-order valence-electron chi connectivity index (χ3n) is 2.94. The largest absolute Gasteiger partial charge is 0.416 e. The second kappa shape index (κ2) is 6.40. The molecule has 0 saturated heterocycles. The lowest BCUT2D eigenvalue weighted by molar-refractivity contribution is -0.137. The normalized spacial score (nSPS) is 12.4. The fourth-order valence-electron chi connectivity index (χ4n) is 1.83.